The Balaban J connectivity index is 3.11. The van der Waals surface area contributed by atoms with Gasteiger partial charge in [0.25, 0.3) is 0 Å². The molecule has 1 N–H and O–H groups in total. The van der Waals surface area contributed by atoms with Crippen LogP contribution in [-0.2, 0) is 6.42 Å². The van der Waals surface area contributed by atoms with Crippen molar-refractivity contribution in [1.82, 2.24) is 5.32 Å². The van der Waals surface area contributed by atoms with E-state index in [0.29, 0.717) is 11.3 Å². The molecule has 0 amide bonds. The van der Waals surface area contributed by atoms with E-state index in [-0.39, 0.29) is 6.04 Å². The van der Waals surface area contributed by atoms with E-state index in [2.05, 4.69) is 108 Å². The minimum absolute atomic E-state index is 0.0782. The number of nitrogens with one attached hydrogen (secondary N) is 1. The predicted octanol–water partition coefficient (Wildman–Crippen LogP) is 9.79. The van der Waals surface area contributed by atoms with E-state index in [4.69, 9.17) is 0 Å². The Kier molecular flexibility index (Phi) is 15.9. The molecule has 2 nitrogen and oxygen atoms in total. The number of nitrogens with zero attached hydrogens (tertiary/aromatic N) is 1. The van der Waals surface area contributed by atoms with Gasteiger partial charge < -0.3 is 5.32 Å². The van der Waals surface area contributed by atoms with Gasteiger partial charge in [-0.05, 0) is 124 Å². The maximum Gasteiger partial charge on any atom is 0.0710 e. The second-order valence-corrected chi connectivity index (χ2v) is 11.7. The average molecular weight is 517 g/mol. The van der Waals surface area contributed by atoms with Gasteiger partial charge >= 0.3 is 0 Å². The van der Waals surface area contributed by atoms with Crippen LogP contribution < -0.4 is 5.32 Å². The van der Waals surface area contributed by atoms with Crippen LogP contribution >= 0.6 is 0 Å². The number of rotatable bonds is 18. The highest BCUT2D eigenvalue weighted by atomic mass is 14.8. The molecule has 0 aliphatic carbocycles. The molecule has 0 bridgehead atoms. The van der Waals surface area contributed by atoms with Crippen LogP contribution in [0.4, 0.5) is 0 Å². The summed E-state index contributed by atoms with van der Waals surface area (Å²) in [6, 6.07) is 4.75. The first-order valence-electron chi connectivity index (χ1n) is 14.6. The van der Waals surface area contributed by atoms with Crippen LogP contribution in [0.25, 0.3) is 6.08 Å². The van der Waals surface area contributed by atoms with Gasteiger partial charge in [0, 0.05) is 0 Å². The van der Waals surface area contributed by atoms with Gasteiger partial charge in [0.2, 0.25) is 0 Å². The predicted molar refractivity (Wildman–Crippen MR) is 173 cm³/mol. The number of hydrogen-bond acceptors (Lipinski definition) is 2. The Hall–Kier alpha value is -2.45. The average Bonchev–Trinajstić information content (AvgIpc) is 2.87. The van der Waals surface area contributed by atoms with Gasteiger partial charge in [-0.25, -0.2) is 0 Å². The van der Waals surface area contributed by atoms with Crippen LogP contribution in [-0.4, -0.2) is 26.4 Å². The summed E-state index contributed by atoms with van der Waals surface area (Å²) in [5.41, 5.74) is 8.28. The third-order valence-electron chi connectivity index (χ3n) is 7.46. The fraction of sp³-hybridized carbons (Fsp3) is 0.528. The minimum Gasteiger partial charge on any atom is -0.320 e. The lowest BCUT2D eigenvalue weighted by molar-refractivity contribution is 0.328. The summed E-state index contributed by atoms with van der Waals surface area (Å²) in [4.78, 5) is 4.31. The van der Waals surface area contributed by atoms with Gasteiger partial charge in [-0.15, -0.1) is 0 Å². The van der Waals surface area contributed by atoms with Crippen LogP contribution in [0.1, 0.15) is 95.4 Å². The van der Waals surface area contributed by atoms with Gasteiger partial charge in [0.15, 0.2) is 0 Å². The monoisotopic (exact) mass is 516 g/mol. The molecule has 2 atom stereocenters. The molecule has 0 radical (unpaired) electrons. The Labute approximate surface area is 235 Å². The van der Waals surface area contributed by atoms with Crippen molar-refractivity contribution in [3.63, 3.8) is 0 Å². The molecule has 0 saturated heterocycles. The third kappa shape index (κ3) is 12.9. The Morgan fingerprint density at radius 3 is 2.39 bits per heavy atom. The molecule has 0 aliphatic heterocycles. The zero-order chi connectivity index (χ0) is 28.6. The molecular weight excluding hydrogens is 460 g/mol. The van der Waals surface area contributed by atoms with E-state index >= 15 is 0 Å². The van der Waals surface area contributed by atoms with E-state index in [1.807, 2.05) is 26.1 Å². The van der Waals surface area contributed by atoms with Crippen molar-refractivity contribution in [3.05, 3.63) is 88.6 Å². The number of aryl methyl sites for hydroxylation is 2. The lowest BCUT2D eigenvalue weighted by Crippen LogP contribution is -2.16. The molecule has 0 saturated carbocycles. The van der Waals surface area contributed by atoms with Crippen molar-refractivity contribution in [1.29, 1.82) is 0 Å². The van der Waals surface area contributed by atoms with E-state index in [1.54, 1.807) is 0 Å². The molecule has 0 heterocycles. The van der Waals surface area contributed by atoms with Crippen molar-refractivity contribution in [3.8, 4) is 0 Å². The minimum atomic E-state index is 0.0782. The largest absolute Gasteiger partial charge is 0.320 e. The first kappa shape index (κ1) is 33.6. The summed E-state index contributed by atoms with van der Waals surface area (Å²) >= 11 is 0. The van der Waals surface area contributed by atoms with Gasteiger partial charge in [-0.3, -0.25) is 4.99 Å². The molecule has 2 heteroatoms. The van der Waals surface area contributed by atoms with Crippen LogP contribution in [0.15, 0.2) is 71.3 Å². The highest BCUT2D eigenvalue weighted by molar-refractivity contribution is 5.59. The van der Waals surface area contributed by atoms with E-state index in [0.717, 1.165) is 37.8 Å². The topological polar surface area (TPSA) is 24.4 Å². The maximum atomic E-state index is 4.48. The van der Waals surface area contributed by atoms with Gasteiger partial charge in [0.1, 0.15) is 0 Å². The standard InChI is InChI=1S/C36H56N2/c1-11-13-14-15-34(38-10)21-20-33(19-16-28(3)22-24-37-9)29(4)17-18-32-25-30(5)35(31(6)26-32)27-36(7,8)23-12-2/h11,13-15,17-18,20,25-26,28,34,37H,4,10,12,16,19,21-24,27H2,1-3,5-9H3/b13-11-,15-14-,18-17+,33-20+. The Morgan fingerprint density at radius 1 is 1.13 bits per heavy atom. The Morgan fingerprint density at radius 2 is 1.82 bits per heavy atom. The first-order chi connectivity index (χ1) is 18.1. The van der Waals surface area contributed by atoms with Crippen molar-refractivity contribution in [2.45, 2.75) is 99.5 Å². The fourth-order valence-electron chi connectivity index (χ4n) is 5.06. The number of benzene rings is 1. The number of allylic oxidation sites excluding steroid dienone is 6. The van der Waals surface area contributed by atoms with Crippen molar-refractivity contribution < 1.29 is 0 Å². The maximum absolute atomic E-state index is 4.48. The summed E-state index contributed by atoms with van der Waals surface area (Å²) in [5.74, 6) is 0.667. The second kappa shape index (κ2) is 17.9. The van der Waals surface area contributed by atoms with E-state index < -0.39 is 0 Å². The van der Waals surface area contributed by atoms with E-state index in [9.17, 15) is 0 Å². The van der Waals surface area contributed by atoms with Gasteiger partial charge in [0.05, 0.1) is 6.04 Å². The lowest BCUT2D eigenvalue weighted by atomic mass is 9.79. The second-order valence-electron chi connectivity index (χ2n) is 11.7. The molecule has 0 aromatic heterocycles. The summed E-state index contributed by atoms with van der Waals surface area (Å²) in [5, 5.41) is 3.28. The van der Waals surface area contributed by atoms with Crippen LogP contribution in [0, 0.1) is 25.2 Å². The molecule has 2 unspecified atom stereocenters. The SMILES string of the molecule is C=NC(/C=C\C=C/C)C/C=C(\CCC(C)CCNC)C(=C)/C=C/c1cc(C)c(CC(C)(C)CCC)c(C)c1. The van der Waals surface area contributed by atoms with Crippen LogP contribution in [0.3, 0.4) is 0 Å². The highest BCUT2D eigenvalue weighted by Gasteiger charge is 2.19. The van der Waals surface area contributed by atoms with Crippen molar-refractivity contribution in [2.75, 3.05) is 13.6 Å². The highest BCUT2D eigenvalue weighted by Crippen LogP contribution is 2.31. The van der Waals surface area contributed by atoms with Gasteiger partial charge in [-0.1, -0.05) is 95.4 Å². The summed E-state index contributed by atoms with van der Waals surface area (Å²) in [7, 11) is 2.02. The lowest BCUT2D eigenvalue weighted by Gasteiger charge is -2.26. The molecular formula is C36H56N2. The zero-order valence-corrected chi connectivity index (χ0v) is 25.9. The Bertz CT molecular complexity index is 964. The number of aliphatic imine (C=N–C) groups is 1. The normalized spacial score (nSPS) is 14.6. The first-order valence-corrected chi connectivity index (χ1v) is 14.6. The fourth-order valence-corrected chi connectivity index (χ4v) is 5.06. The smallest absolute Gasteiger partial charge is 0.0710 e. The molecule has 0 fully saturated rings. The van der Waals surface area contributed by atoms with Crippen molar-refractivity contribution >= 4 is 12.8 Å². The molecule has 0 spiro atoms. The van der Waals surface area contributed by atoms with Crippen LogP contribution in [0.5, 0.6) is 0 Å². The summed E-state index contributed by atoms with van der Waals surface area (Å²) < 4.78 is 0. The van der Waals surface area contributed by atoms with E-state index in [1.165, 1.54) is 47.1 Å². The third-order valence-corrected chi connectivity index (χ3v) is 7.46. The molecule has 210 valence electrons. The molecule has 1 rings (SSSR count). The van der Waals surface area contributed by atoms with Crippen molar-refractivity contribution in [2.24, 2.45) is 16.3 Å². The number of hydrogen-bond donors (Lipinski definition) is 1. The molecule has 1 aromatic rings. The molecule has 0 aliphatic rings. The van der Waals surface area contributed by atoms with Crippen LogP contribution in [0.2, 0.25) is 0 Å². The summed E-state index contributed by atoms with van der Waals surface area (Å²) in [6.45, 7) is 25.3. The summed E-state index contributed by atoms with van der Waals surface area (Å²) in [6.07, 6.45) is 22.8. The molecule has 38 heavy (non-hydrogen) atoms. The van der Waals surface area contributed by atoms with Gasteiger partial charge in [-0.2, -0.15) is 0 Å². The quantitative estimate of drug-likeness (QED) is 0.152. The molecule has 1 aromatic carbocycles. The zero-order valence-electron chi connectivity index (χ0n) is 25.9.